The second-order valence-corrected chi connectivity index (χ2v) is 5.93. The lowest BCUT2D eigenvalue weighted by Crippen LogP contribution is -2.23. The van der Waals surface area contributed by atoms with Crippen molar-refractivity contribution in [3.05, 3.63) is 59.4 Å². The van der Waals surface area contributed by atoms with Crippen LogP contribution in [0, 0.1) is 5.82 Å². The maximum Gasteiger partial charge on any atom is 0.324 e. The van der Waals surface area contributed by atoms with Gasteiger partial charge in [0.05, 0.1) is 6.61 Å². The summed E-state index contributed by atoms with van der Waals surface area (Å²) in [5.41, 5.74) is 5.24. The van der Waals surface area contributed by atoms with E-state index in [2.05, 4.69) is 31.1 Å². The number of aryl methyl sites for hydroxylation is 1. The summed E-state index contributed by atoms with van der Waals surface area (Å²) in [4.78, 5) is 0. The van der Waals surface area contributed by atoms with Gasteiger partial charge in [0, 0.05) is 0 Å². The molecule has 0 unspecified atom stereocenters. The Labute approximate surface area is 134 Å². The molecule has 0 aromatic heterocycles. The van der Waals surface area contributed by atoms with Crippen LogP contribution in [0.4, 0.5) is 4.39 Å². The first-order chi connectivity index (χ1) is 10.1. The van der Waals surface area contributed by atoms with Crippen LogP contribution in [-0.4, -0.2) is 13.6 Å². The average Bonchev–Trinajstić information content (AvgIpc) is 3.04. The van der Waals surface area contributed by atoms with Crippen molar-refractivity contribution in [2.45, 2.75) is 40.4 Å². The van der Waals surface area contributed by atoms with E-state index >= 15 is 0 Å². The van der Waals surface area contributed by atoms with Crippen LogP contribution in [0.1, 0.15) is 18.6 Å². The van der Waals surface area contributed by atoms with Crippen molar-refractivity contribution in [2.24, 2.45) is 0 Å². The summed E-state index contributed by atoms with van der Waals surface area (Å²) in [5.74, 6) is -0.179. The van der Waals surface area contributed by atoms with E-state index in [1.54, 1.807) is 23.2 Å². The summed E-state index contributed by atoms with van der Waals surface area (Å²) in [5, 5.41) is 0. The molecule has 2 aromatic rings. The minimum Gasteiger partial charge on any atom is -0.427 e. The minimum atomic E-state index is -0.179. The van der Waals surface area contributed by atoms with Gasteiger partial charge < -0.3 is 4.65 Å². The minimum absolute atomic E-state index is 0. The maximum atomic E-state index is 12.6. The van der Waals surface area contributed by atoms with Gasteiger partial charge in [-0.1, -0.05) is 68.8 Å². The van der Waals surface area contributed by atoms with Gasteiger partial charge >= 0.3 is 6.92 Å². The molecule has 0 fully saturated rings. The molecule has 0 spiro atoms. The van der Waals surface area contributed by atoms with Gasteiger partial charge in [-0.25, -0.2) is 4.39 Å². The van der Waals surface area contributed by atoms with E-state index in [1.807, 2.05) is 6.82 Å². The van der Waals surface area contributed by atoms with Gasteiger partial charge in [0.25, 0.3) is 0 Å². The number of hydrogen-bond acceptors (Lipinski definition) is 1. The van der Waals surface area contributed by atoms with Gasteiger partial charge in [-0.05, 0) is 29.6 Å². The highest BCUT2D eigenvalue weighted by Crippen LogP contribution is 2.13. The maximum absolute atomic E-state index is 12.6. The van der Waals surface area contributed by atoms with Crippen molar-refractivity contribution in [3.8, 4) is 0 Å². The number of fused-ring (bicyclic) bond motifs is 2. The molecule has 2 heterocycles. The highest BCUT2D eigenvalue weighted by atomic mass is 19.1. The quantitative estimate of drug-likeness (QED) is 0.677. The molecule has 0 radical (unpaired) electrons. The molecule has 4 rings (SSSR count). The Balaban J connectivity index is 0.000000154. The van der Waals surface area contributed by atoms with E-state index in [9.17, 15) is 4.39 Å². The van der Waals surface area contributed by atoms with Gasteiger partial charge in [0.15, 0.2) is 6.71 Å². The predicted octanol–water partition coefficient (Wildman–Crippen LogP) is 3.39. The molecular weight excluding hydrogens is 273 g/mol. The van der Waals surface area contributed by atoms with Gasteiger partial charge in [0.1, 0.15) is 5.82 Å². The van der Waals surface area contributed by atoms with Gasteiger partial charge in [-0.15, -0.1) is 0 Å². The first-order valence-electron chi connectivity index (χ1n) is 7.63. The average molecular weight is 296 g/mol. The van der Waals surface area contributed by atoms with Gasteiger partial charge in [-0.3, -0.25) is 0 Å². The zero-order valence-corrected chi connectivity index (χ0v) is 12.6. The normalized spacial score (nSPS) is 14.7. The third-order valence-corrected chi connectivity index (χ3v) is 4.46. The summed E-state index contributed by atoms with van der Waals surface area (Å²) in [6.07, 6.45) is 2.64. The van der Waals surface area contributed by atoms with Crippen molar-refractivity contribution >= 4 is 24.6 Å². The second-order valence-electron chi connectivity index (χ2n) is 5.93. The molecule has 2 aromatic carbocycles. The molecule has 0 saturated carbocycles. The van der Waals surface area contributed by atoms with Crippen LogP contribution in [0.25, 0.3) is 0 Å². The lowest BCUT2D eigenvalue weighted by molar-refractivity contribution is 0.333. The molecule has 2 aliphatic rings. The first-order valence-corrected chi connectivity index (χ1v) is 7.63. The molecule has 0 amide bonds. The van der Waals surface area contributed by atoms with E-state index in [4.69, 9.17) is 4.65 Å². The third kappa shape index (κ3) is 3.44. The topological polar surface area (TPSA) is 9.23 Å². The highest BCUT2D eigenvalue weighted by molar-refractivity contribution is 6.73. The molecule has 0 atom stereocenters. The first kappa shape index (κ1) is 16.8. The van der Waals surface area contributed by atoms with Crippen LogP contribution in [0.3, 0.4) is 0 Å². The van der Waals surface area contributed by atoms with Crippen molar-refractivity contribution < 1.29 is 9.04 Å². The van der Waals surface area contributed by atoms with E-state index in [0.29, 0.717) is 6.61 Å². The van der Waals surface area contributed by atoms with Gasteiger partial charge in [0.2, 0.25) is 0 Å². The third-order valence-electron chi connectivity index (χ3n) is 4.46. The molecular formula is C18H23B2FO. The fourth-order valence-corrected chi connectivity index (χ4v) is 3.17. The monoisotopic (exact) mass is 296 g/mol. The summed E-state index contributed by atoms with van der Waals surface area (Å²) in [6, 6.07) is 13.6. The predicted molar refractivity (Wildman–Crippen MR) is 95.4 cm³/mol. The summed E-state index contributed by atoms with van der Waals surface area (Å²) >= 11 is 0. The Morgan fingerprint density at radius 2 is 1.77 bits per heavy atom. The molecule has 4 heteroatoms. The molecule has 0 N–H and O–H groups in total. The summed E-state index contributed by atoms with van der Waals surface area (Å²) < 4.78 is 17.9. The molecule has 0 aliphatic carbocycles. The van der Waals surface area contributed by atoms with Crippen LogP contribution in [0.15, 0.2) is 42.5 Å². The van der Waals surface area contributed by atoms with E-state index in [1.165, 1.54) is 18.8 Å². The molecule has 1 nitrogen and oxygen atoms in total. The molecule has 0 bridgehead atoms. The SMILES string of the molecule is C.CB1CCc2ccccc21.CB1OCc2cc(F)ccc21. The van der Waals surface area contributed by atoms with Crippen molar-refractivity contribution in [2.75, 3.05) is 0 Å². The van der Waals surface area contributed by atoms with Crippen molar-refractivity contribution in [1.82, 2.24) is 0 Å². The number of benzene rings is 2. The molecule has 114 valence electrons. The van der Waals surface area contributed by atoms with E-state index < -0.39 is 0 Å². The van der Waals surface area contributed by atoms with Crippen LogP contribution in [0.2, 0.25) is 20.0 Å². The molecule has 22 heavy (non-hydrogen) atoms. The zero-order chi connectivity index (χ0) is 14.8. The van der Waals surface area contributed by atoms with Gasteiger partial charge in [-0.2, -0.15) is 0 Å². The highest BCUT2D eigenvalue weighted by Gasteiger charge is 2.22. The van der Waals surface area contributed by atoms with Crippen LogP contribution in [0.5, 0.6) is 0 Å². The largest absolute Gasteiger partial charge is 0.427 e. The Bertz CT molecular complexity index is 645. The Kier molecular flexibility index (Phi) is 5.47. The van der Waals surface area contributed by atoms with Crippen LogP contribution >= 0.6 is 0 Å². The van der Waals surface area contributed by atoms with Crippen molar-refractivity contribution in [1.29, 1.82) is 0 Å². The Morgan fingerprint density at radius 3 is 2.55 bits per heavy atom. The van der Waals surface area contributed by atoms with E-state index in [-0.39, 0.29) is 20.2 Å². The number of halogens is 1. The Morgan fingerprint density at radius 1 is 1.00 bits per heavy atom. The molecule has 2 aliphatic heterocycles. The fourth-order valence-electron chi connectivity index (χ4n) is 3.17. The summed E-state index contributed by atoms with van der Waals surface area (Å²) in [6.45, 7) is 5.77. The summed E-state index contributed by atoms with van der Waals surface area (Å²) in [7, 11) is 0. The second kappa shape index (κ2) is 7.15. The smallest absolute Gasteiger partial charge is 0.324 e. The lowest BCUT2D eigenvalue weighted by atomic mass is 9.48. The lowest BCUT2D eigenvalue weighted by Gasteiger charge is -1.98. The number of rotatable bonds is 0. The van der Waals surface area contributed by atoms with Crippen molar-refractivity contribution in [3.63, 3.8) is 0 Å². The number of hydrogen-bond donors (Lipinski definition) is 0. The Hall–Kier alpha value is -1.54. The van der Waals surface area contributed by atoms with Crippen LogP contribution in [-0.2, 0) is 17.7 Å². The van der Waals surface area contributed by atoms with E-state index in [0.717, 1.165) is 17.7 Å². The molecule has 0 saturated heterocycles. The fraction of sp³-hybridized carbons (Fsp3) is 0.333. The zero-order valence-electron chi connectivity index (χ0n) is 12.6. The standard InChI is InChI=1S/C9H11B.C8H8BFO.CH4/c1-10-7-6-8-4-2-3-5-9(8)10;1-9-8-3-2-7(10)4-6(8)5-11-9;/h2-5H,6-7H2,1H3;2-4H,5H2,1H3;1H4. The van der Waals surface area contributed by atoms with Crippen LogP contribution < -0.4 is 10.9 Å².